The number of nitrogens with zero attached hydrogens (tertiary/aromatic N) is 1. The van der Waals surface area contributed by atoms with Crippen LogP contribution in [0.2, 0.25) is 0 Å². The summed E-state index contributed by atoms with van der Waals surface area (Å²) < 4.78 is 1.03. The van der Waals surface area contributed by atoms with Crippen LogP contribution in [0.4, 0.5) is 5.69 Å². The standard InChI is InChI=1S/C15H18BrN3/c1-9-6-7-11(16)14-13(19-17)8-12(18-15(9)14)10-4-2-3-5-10/h6-8,10H,2-5,17H2,1H3,(H,18,19). The Bertz CT molecular complexity index is 618. The van der Waals surface area contributed by atoms with Crippen molar-refractivity contribution in [1.29, 1.82) is 0 Å². The van der Waals surface area contributed by atoms with E-state index in [1.807, 2.05) is 0 Å². The van der Waals surface area contributed by atoms with Crippen LogP contribution < -0.4 is 11.3 Å². The van der Waals surface area contributed by atoms with Crippen molar-refractivity contribution in [1.82, 2.24) is 4.98 Å². The van der Waals surface area contributed by atoms with E-state index in [9.17, 15) is 0 Å². The highest BCUT2D eigenvalue weighted by Crippen LogP contribution is 2.38. The zero-order chi connectivity index (χ0) is 13.4. The molecule has 0 saturated heterocycles. The molecule has 0 bridgehead atoms. The van der Waals surface area contributed by atoms with Crippen molar-refractivity contribution in [2.24, 2.45) is 5.84 Å². The molecule has 3 N–H and O–H groups in total. The smallest absolute Gasteiger partial charge is 0.0767 e. The topological polar surface area (TPSA) is 50.9 Å². The number of aryl methyl sites for hydroxylation is 1. The SMILES string of the molecule is Cc1ccc(Br)c2c(NN)cc(C3CCCC3)nc12. The molecule has 1 aromatic heterocycles. The summed E-state index contributed by atoms with van der Waals surface area (Å²) in [6.07, 6.45) is 5.12. The first-order valence-electron chi connectivity index (χ1n) is 6.77. The second-order valence-corrected chi connectivity index (χ2v) is 6.16. The lowest BCUT2D eigenvalue weighted by Gasteiger charge is -2.15. The normalized spacial score (nSPS) is 16.2. The Kier molecular flexibility index (Phi) is 3.46. The van der Waals surface area contributed by atoms with Crippen LogP contribution >= 0.6 is 15.9 Å². The molecule has 3 rings (SSSR count). The number of rotatable bonds is 2. The summed E-state index contributed by atoms with van der Waals surface area (Å²) in [5.74, 6) is 6.30. The van der Waals surface area contributed by atoms with E-state index in [0.717, 1.165) is 21.1 Å². The summed E-state index contributed by atoms with van der Waals surface area (Å²) in [7, 11) is 0. The van der Waals surface area contributed by atoms with E-state index < -0.39 is 0 Å². The average Bonchev–Trinajstić information content (AvgIpc) is 2.96. The highest BCUT2D eigenvalue weighted by molar-refractivity contribution is 9.10. The Morgan fingerprint density at radius 3 is 2.74 bits per heavy atom. The lowest BCUT2D eigenvalue weighted by Crippen LogP contribution is -2.10. The molecule has 1 aliphatic carbocycles. The number of hydrogen-bond donors (Lipinski definition) is 2. The number of pyridine rings is 1. The van der Waals surface area contributed by atoms with Gasteiger partial charge < -0.3 is 5.43 Å². The quantitative estimate of drug-likeness (QED) is 0.642. The van der Waals surface area contributed by atoms with Crippen molar-refractivity contribution in [2.45, 2.75) is 38.5 Å². The van der Waals surface area contributed by atoms with Gasteiger partial charge in [-0.05, 0) is 37.5 Å². The number of aromatic nitrogens is 1. The van der Waals surface area contributed by atoms with Gasteiger partial charge in [0, 0.05) is 21.5 Å². The predicted octanol–water partition coefficient (Wildman–Crippen LogP) is 4.25. The van der Waals surface area contributed by atoms with E-state index in [2.05, 4.69) is 46.5 Å². The van der Waals surface area contributed by atoms with Gasteiger partial charge in [0.2, 0.25) is 0 Å². The zero-order valence-corrected chi connectivity index (χ0v) is 12.6. The lowest BCUT2D eigenvalue weighted by atomic mass is 10.0. The first-order chi connectivity index (χ1) is 9.20. The molecule has 0 spiro atoms. The summed E-state index contributed by atoms with van der Waals surface area (Å²) in [4.78, 5) is 4.90. The van der Waals surface area contributed by atoms with Crippen LogP contribution in [-0.4, -0.2) is 4.98 Å². The Morgan fingerprint density at radius 2 is 2.05 bits per heavy atom. The maximum absolute atomic E-state index is 5.70. The number of hydrazine groups is 1. The molecule has 0 atom stereocenters. The fraction of sp³-hybridized carbons (Fsp3) is 0.400. The number of nitrogens with two attached hydrogens (primary N) is 1. The monoisotopic (exact) mass is 319 g/mol. The lowest BCUT2D eigenvalue weighted by molar-refractivity contribution is 0.701. The average molecular weight is 320 g/mol. The van der Waals surface area contributed by atoms with Crippen LogP contribution in [0.15, 0.2) is 22.7 Å². The molecule has 1 heterocycles. The fourth-order valence-corrected chi connectivity index (χ4v) is 3.53. The third-order valence-electron chi connectivity index (χ3n) is 4.06. The van der Waals surface area contributed by atoms with Gasteiger partial charge >= 0.3 is 0 Å². The molecular formula is C15H18BrN3. The third kappa shape index (κ3) is 2.23. The minimum Gasteiger partial charge on any atom is -0.323 e. The molecule has 1 fully saturated rings. The van der Waals surface area contributed by atoms with Gasteiger partial charge in [-0.3, -0.25) is 10.8 Å². The van der Waals surface area contributed by atoms with Gasteiger partial charge in [-0.1, -0.05) is 34.8 Å². The number of benzene rings is 1. The number of nitrogen functional groups attached to an aromatic ring is 1. The van der Waals surface area contributed by atoms with Crippen molar-refractivity contribution in [3.63, 3.8) is 0 Å². The van der Waals surface area contributed by atoms with Crippen LogP contribution in [0.25, 0.3) is 10.9 Å². The summed E-state index contributed by atoms with van der Waals surface area (Å²) >= 11 is 3.60. The summed E-state index contributed by atoms with van der Waals surface area (Å²) in [6.45, 7) is 2.10. The van der Waals surface area contributed by atoms with E-state index in [4.69, 9.17) is 10.8 Å². The third-order valence-corrected chi connectivity index (χ3v) is 4.72. The molecule has 19 heavy (non-hydrogen) atoms. The molecule has 0 amide bonds. The molecule has 1 aromatic carbocycles. The Balaban J connectivity index is 2.24. The minimum absolute atomic E-state index is 0.592. The Morgan fingerprint density at radius 1 is 1.32 bits per heavy atom. The summed E-state index contributed by atoms with van der Waals surface area (Å²) in [6, 6.07) is 6.26. The van der Waals surface area contributed by atoms with Gasteiger partial charge in [0.25, 0.3) is 0 Å². The summed E-state index contributed by atoms with van der Waals surface area (Å²) in [5.41, 5.74) is 7.21. The predicted molar refractivity (Wildman–Crippen MR) is 83.2 cm³/mol. The highest BCUT2D eigenvalue weighted by Gasteiger charge is 2.20. The second-order valence-electron chi connectivity index (χ2n) is 5.31. The van der Waals surface area contributed by atoms with Crippen molar-refractivity contribution in [2.75, 3.05) is 5.43 Å². The number of hydrogen-bond acceptors (Lipinski definition) is 3. The van der Waals surface area contributed by atoms with Crippen molar-refractivity contribution in [3.8, 4) is 0 Å². The van der Waals surface area contributed by atoms with E-state index >= 15 is 0 Å². The molecule has 3 nitrogen and oxygen atoms in total. The van der Waals surface area contributed by atoms with E-state index in [1.165, 1.54) is 36.9 Å². The maximum atomic E-state index is 5.70. The van der Waals surface area contributed by atoms with Crippen molar-refractivity contribution in [3.05, 3.63) is 33.9 Å². The molecule has 100 valence electrons. The van der Waals surface area contributed by atoms with Gasteiger partial charge in [-0.15, -0.1) is 0 Å². The fourth-order valence-electron chi connectivity index (χ4n) is 3.00. The van der Waals surface area contributed by atoms with Crippen LogP contribution in [0.1, 0.15) is 42.9 Å². The highest BCUT2D eigenvalue weighted by atomic mass is 79.9. The number of anilines is 1. The van der Waals surface area contributed by atoms with E-state index in [0.29, 0.717) is 5.92 Å². The molecule has 0 aliphatic heterocycles. The number of fused-ring (bicyclic) bond motifs is 1. The van der Waals surface area contributed by atoms with Crippen molar-refractivity contribution < 1.29 is 0 Å². The largest absolute Gasteiger partial charge is 0.323 e. The van der Waals surface area contributed by atoms with Crippen LogP contribution in [0, 0.1) is 6.92 Å². The van der Waals surface area contributed by atoms with E-state index in [1.54, 1.807) is 0 Å². The van der Waals surface area contributed by atoms with Gasteiger partial charge in [-0.25, -0.2) is 0 Å². The first-order valence-corrected chi connectivity index (χ1v) is 7.56. The molecule has 2 aromatic rings. The van der Waals surface area contributed by atoms with Gasteiger partial charge in [0.15, 0.2) is 0 Å². The number of halogens is 1. The van der Waals surface area contributed by atoms with Gasteiger partial charge in [0.05, 0.1) is 11.2 Å². The molecule has 0 unspecified atom stereocenters. The molecule has 4 heteroatoms. The van der Waals surface area contributed by atoms with Crippen LogP contribution in [-0.2, 0) is 0 Å². The van der Waals surface area contributed by atoms with Crippen LogP contribution in [0.5, 0.6) is 0 Å². The van der Waals surface area contributed by atoms with Gasteiger partial charge in [-0.2, -0.15) is 0 Å². The van der Waals surface area contributed by atoms with Crippen molar-refractivity contribution >= 4 is 32.5 Å². The molecule has 1 saturated carbocycles. The zero-order valence-electron chi connectivity index (χ0n) is 11.0. The van der Waals surface area contributed by atoms with Crippen LogP contribution in [0.3, 0.4) is 0 Å². The summed E-state index contributed by atoms with van der Waals surface area (Å²) in [5, 5.41) is 1.07. The maximum Gasteiger partial charge on any atom is 0.0767 e. The molecular weight excluding hydrogens is 302 g/mol. The Hall–Kier alpha value is -1.13. The number of nitrogens with one attached hydrogen (secondary N) is 1. The second kappa shape index (κ2) is 5.10. The molecule has 1 aliphatic rings. The first kappa shape index (κ1) is 12.9. The van der Waals surface area contributed by atoms with E-state index in [-0.39, 0.29) is 0 Å². The minimum atomic E-state index is 0.592. The Labute approximate surface area is 121 Å². The molecule has 0 radical (unpaired) electrons. The van der Waals surface area contributed by atoms with Gasteiger partial charge in [0.1, 0.15) is 0 Å².